The van der Waals surface area contributed by atoms with Gasteiger partial charge in [-0.1, -0.05) is 288 Å². The molecule has 0 aromatic carbocycles. The van der Waals surface area contributed by atoms with E-state index >= 15 is 0 Å². The van der Waals surface area contributed by atoms with Crippen molar-refractivity contribution in [2.24, 2.45) is 0 Å². The average Bonchev–Trinajstić information content (AvgIpc) is 3.41. The minimum absolute atomic E-state index is 0.0742. The van der Waals surface area contributed by atoms with E-state index in [1.165, 1.54) is 257 Å². The fourth-order valence-electron chi connectivity index (χ4n) is 10.0. The number of unbranched alkanes of at least 4 members (excludes halogenated alkanes) is 45. The molecule has 1 atom stereocenters. The number of esters is 3. The molecule has 0 fully saturated rings. The van der Waals surface area contributed by atoms with Crippen LogP contribution in [-0.4, -0.2) is 37.2 Å². The second kappa shape index (κ2) is 64.2. The molecular formula is C69H128O6. The molecule has 0 saturated carbocycles. The van der Waals surface area contributed by atoms with Gasteiger partial charge in [0.1, 0.15) is 13.2 Å². The maximum Gasteiger partial charge on any atom is 0.306 e. The van der Waals surface area contributed by atoms with Crippen molar-refractivity contribution in [2.75, 3.05) is 13.2 Å². The van der Waals surface area contributed by atoms with E-state index in [9.17, 15) is 14.4 Å². The molecule has 6 heteroatoms. The highest BCUT2D eigenvalue weighted by atomic mass is 16.6. The molecule has 0 radical (unpaired) electrons. The van der Waals surface area contributed by atoms with Gasteiger partial charge < -0.3 is 14.2 Å². The molecule has 0 N–H and O–H groups in total. The quantitative estimate of drug-likeness (QED) is 0.0261. The van der Waals surface area contributed by atoms with Crippen molar-refractivity contribution in [3.8, 4) is 0 Å². The fraction of sp³-hybridized carbons (Fsp3) is 0.870. The molecule has 6 nitrogen and oxygen atoms in total. The summed E-state index contributed by atoms with van der Waals surface area (Å²) in [6.45, 7) is 6.62. The Morgan fingerprint density at radius 1 is 0.253 bits per heavy atom. The SMILES string of the molecule is CCCCC/C=C\CCCCCCCC(=O)OCC(COC(=O)CCCCCCCCCCCCCCCCCCCCCCC/C=C\CCCCCCCCCC)OC(=O)CCCCCCC/C=C\CCCCC. The van der Waals surface area contributed by atoms with Gasteiger partial charge in [0.15, 0.2) is 6.10 Å². The number of hydrogen-bond donors (Lipinski definition) is 0. The van der Waals surface area contributed by atoms with Crippen LogP contribution < -0.4 is 0 Å². The van der Waals surface area contributed by atoms with Crippen LogP contribution in [0.5, 0.6) is 0 Å². The molecule has 0 aliphatic heterocycles. The van der Waals surface area contributed by atoms with Crippen LogP contribution in [0, 0.1) is 0 Å². The summed E-state index contributed by atoms with van der Waals surface area (Å²) in [5.74, 6) is -0.874. The van der Waals surface area contributed by atoms with E-state index in [1.54, 1.807) is 0 Å². The highest BCUT2D eigenvalue weighted by Crippen LogP contribution is 2.18. The number of allylic oxidation sites excluding steroid dienone is 6. The zero-order valence-electron chi connectivity index (χ0n) is 50.6. The van der Waals surface area contributed by atoms with E-state index in [2.05, 4.69) is 57.2 Å². The van der Waals surface area contributed by atoms with Gasteiger partial charge >= 0.3 is 17.9 Å². The third-order valence-electron chi connectivity index (χ3n) is 15.1. The minimum atomic E-state index is -0.777. The third-order valence-corrected chi connectivity index (χ3v) is 15.1. The molecule has 0 spiro atoms. The number of carbonyl (C=O) groups excluding carboxylic acids is 3. The van der Waals surface area contributed by atoms with Crippen LogP contribution in [0.15, 0.2) is 36.5 Å². The first-order valence-corrected chi connectivity index (χ1v) is 33.5. The highest BCUT2D eigenvalue weighted by molar-refractivity contribution is 5.71. The molecule has 0 bridgehead atoms. The van der Waals surface area contributed by atoms with Crippen LogP contribution in [0.25, 0.3) is 0 Å². The van der Waals surface area contributed by atoms with Crippen LogP contribution in [0.2, 0.25) is 0 Å². The van der Waals surface area contributed by atoms with Crippen LogP contribution >= 0.6 is 0 Å². The molecule has 0 aliphatic carbocycles. The van der Waals surface area contributed by atoms with Crippen molar-refractivity contribution >= 4 is 17.9 Å². The van der Waals surface area contributed by atoms with Crippen molar-refractivity contribution in [3.05, 3.63) is 36.5 Å². The van der Waals surface area contributed by atoms with Crippen molar-refractivity contribution in [3.63, 3.8) is 0 Å². The zero-order valence-corrected chi connectivity index (χ0v) is 50.6. The van der Waals surface area contributed by atoms with Crippen LogP contribution in [-0.2, 0) is 28.6 Å². The van der Waals surface area contributed by atoms with E-state index in [4.69, 9.17) is 14.2 Å². The first kappa shape index (κ1) is 72.6. The van der Waals surface area contributed by atoms with Gasteiger partial charge in [0.2, 0.25) is 0 Å². The van der Waals surface area contributed by atoms with E-state index < -0.39 is 6.10 Å². The van der Waals surface area contributed by atoms with E-state index in [0.717, 1.165) is 70.6 Å². The largest absolute Gasteiger partial charge is 0.462 e. The maximum atomic E-state index is 12.8. The number of rotatable bonds is 62. The van der Waals surface area contributed by atoms with Gasteiger partial charge in [-0.05, 0) is 96.3 Å². The predicted molar refractivity (Wildman–Crippen MR) is 326 cm³/mol. The van der Waals surface area contributed by atoms with Crippen molar-refractivity contribution in [2.45, 2.75) is 374 Å². The van der Waals surface area contributed by atoms with Gasteiger partial charge in [-0.3, -0.25) is 14.4 Å². The lowest BCUT2D eigenvalue weighted by Gasteiger charge is -2.18. The van der Waals surface area contributed by atoms with E-state index in [-0.39, 0.29) is 31.1 Å². The third kappa shape index (κ3) is 62.4. The molecule has 0 aliphatic rings. The summed E-state index contributed by atoms with van der Waals surface area (Å²) >= 11 is 0. The zero-order chi connectivity index (χ0) is 54.3. The number of ether oxygens (including phenoxy) is 3. The van der Waals surface area contributed by atoms with Crippen molar-refractivity contribution in [1.82, 2.24) is 0 Å². The number of carbonyl (C=O) groups is 3. The van der Waals surface area contributed by atoms with Gasteiger partial charge in [-0.15, -0.1) is 0 Å². The topological polar surface area (TPSA) is 78.9 Å². The Morgan fingerprint density at radius 3 is 0.693 bits per heavy atom. The summed E-state index contributed by atoms with van der Waals surface area (Å²) in [6, 6.07) is 0. The molecular weight excluding hydrogens is 925 g/mol. The molecule has 1 unspecified atom stereocenters. The Bertz CT molecular complexity index is 1250. The van der Waals surface area contributed by atoms with E-state index in [0.29, 0.717) is 19.3 Å². The first-order chi connectivity index (χ1) is 37.0. The Hall–Kier alpha value is -2.37. The number of hydrogen-bond acceptors (Lipinski definition) is 6. The van der Waals surface area contributed by atoms with Crippen LogP contribution in [0.1, 0.15) is 367 Å². The summed E-state index contributed by atoms with van der Waals surface area (Å²) in [6.07, 6.45) is 79.1. The second-order valence-corrected chi connectivity index (χ2v) is 22.7. The molecule has 0 heterocycles. The van der Waals surface area contributed by atoms with Crippen molar-refractivity contribution in [1.29, 1.82) is 0 Å². The normalized spacial score (nSPS) is 12.2. The van der Waals surface area contributed by atoms with Crippen LogP contribution in [0.4, 0.5) is 0 Å². The Labute approximate surface area is 467 Å². The smallest absolute Gasteiger partial charge is 0.306 e. The molecule has 0 aromatic rings. The lowest BCUT2D eigenvalue weighted by atomic mass is 10.0. The van der Waals surface area contributed by atoms with Crippen molar-refractivity contribution < 1.29 is 28.6 Å². The molecule has 0 amide bonds. The summed E-state index contributed by atoms with van der Waals surface area (Å²) < 4.78 is 16.9. The first-order valence-electron chi connectivity index (χ1n) is 33.5. The molecule has 0 rings (SSSR count). The lowest BCUT2D eigenvalue weighted by Crippen LogP contribution is -2.30. The van der Waals surface area contributed by atoms with E-state index in [1.807, 2.05) is 0 Å². The maximum absolute atomic E-state index is 12.8. The molecule has 0 saturated heterocycles. The lowest BCUT2D eigenvalue weighted by molar-refractivity contribution is -0.167. The summed E-state index contributed by atoms with van der Waals surface area (Å²) in [5.41, 5.74) is 0. The summed E-state index contributed by atoms with van der Waals surface area (Å²) in [5, 5.41) is 0. The summed E-state index contributed by atoms with van der Waals surface area (Å²) in [7, 11) is 0. The summed E-state index contributed by atoms with van der Waals surface area (Å²) in [4.78, 5) is 38.2. The van der Waals surface area contributed by atoms with Gasteiger partial charge in [0, 0.05) is 19.3 Å². The Kier molecular flexibility index (Phi) is 62.1. The predicted octanol–water partition coefficient (Wildman–Crippen LogP) is 22.8. The molecule has 440 valence electrons. The second-order valence-electron chi connectivity index (χ2n) is 22.7. The monoisotopic (exact) mass is 1050 g/mol. The van der Waals surface area contributed by atoms with Gasteiger partial charge in [-0.25, -0.2) is 0 Å². The van der Waals surface area contributed by atoms with Crippen LogP contribution in [0.3, 0.4) is 0 Å². The van der Waals surface area contributed by atoms with Gasteiger partial charge in [0.25, 0.3) is 0 Å². The molecule has 75 heavy (non-hydrogen) atoms. The Morgan fingerprint density at radius 2 is 0.440 bits per heavy atom. The standard InChI is InChI=1S/C69H128O6/c1-4-7-10-13-16-19-22-25-26-27-28-29-30-31-32-33-34-35-36-37-38-39-40-41-42-43-44-45-48-50-53-56-59-62-68(71)74-65-66(75-69(72)63-60-57-54-51-47-24-21-18-15-12-9-6-3)64-73-67(70)61-58-55-52-49-46-23-20-17-14-11-8-5-2/h17-18,20-21,27-28,66H,4-16,19,22-26,29-65H2,1-3H3/b20-17-,21-18-,28-27-. The Balaban J connectivity index is 4.02. The molecule has 0 aromatic heterocycles. The average molecular weight is 1050 g/mol. The highest BCUT2D eigenvalue weighted by Gasteiger charge is 2.19. The minimum Gasteiger partial charge on any atom is -0.462 e. The van der Waals surface area contributed by atoms with Gasteiger partial charge in [0.05, 0.1) is 0 Å². The van der Waals surface area contributed by atoms with Gasteiger partial charge in [-0.2, -0.15) is 0 Å². The fourth-order valence-corrected chi connectivity index (χ4v) is 10.0.